The molecule has 2 heterocycles. The Labute approximate surface area is 157 Å². The van der Waals surface area contributed by atoms with Crippen molar-refractivity contribution in [2.45, 2.75) is 6.42 Å². The number of nitrogens with zero attached hydrogens (tertiary/aromatic N) is 2. The van der Waals surface area contributed by atoms with Gasteiger partial charge in [0.15, 0.2) is 0 Å². The molecule has 0 saturated heterocycles. The lowest BCUT2D eigenvalue weighted by Gasteiger charge is -2.28. The zero-order valence-corrected chi connectivity index (χ0v) is 15.6. The molecule has 1 aliphatic heterocycles. The normalized spacial score (nSPS) is 12.3. The molecule has 0 atom stereocenters. The van der Waals surface area contributed by atoms with Gasteiger partial charge in [0.05, 0.1) is 17.2 Å². The summed E-state index contributed by atoms with van der Waals surface area (Å²) < 4.78 is 5.59. The van der Waals surface area contributed by atoms with Gasteiger partial charge in [-0.1, -0.05) is 0 Å². The highest BCUT2D eigenvalue weighted by molar-refractivity contribution is 7.09. The molecule has 0 spiro atoms. The molecule has 3 N–H and O–H groups in total. The Kier molecular flexibility index (Phi) is 7.75. The van der Waals surface area contributed by atoms with E-state index in [0.717, 1.165) is 28.7 Å². The van der Waals surface area contributed by atoms with E-state index in [4.69, 9.17) is 10.5 Å². The van der Waals surface area contributed by atoms with Crippen LogP contribution in [0.1, 0.15) is 15.5 Å². The van der Waals surface area contributed by atoms with Crippen LogP contribution in [0.15, 0.2) is 23.6 Å². The van der Waals surface area contributed by atoms with Gasteiger partial charge in [0.1, 0.15) is 18.1 Å². The Morgan fingerprint density at radius 1 is 1.46 bits per heavy atom. The summed E-state index contributed by atoms with van der Waals surface area (Å²) >= 11 is 1.46. The topological polar surface area (TPSA) is 80.5 Å². The van der Waals surface area contributed by atoms with Gasteiger partial charge in [0, 0.05) is 24.5 Å². The fraction of sp³-hybridized carbons (Fsp3) is 0.333. The Morgan fingerprint density at radius 3 is 3.00 bits per heavy atom. The lowest BCUT2D eigenvalue weighted by Crippen LogP contribution is -2.28. The van der Waals surface area contributed by atoms with Gasteiger partial charge in [-0.3, -0.25) is 4.79 Å². The van der Waals surface area contributed by atoms with Crippen LogP contribution in [0, 0.1) is 0 Å². The van der Waals surface area contributed by atoms with Crippen molar-refractivity contribution in [1.29, 1.82) is 0 Å². The van der Waals surface area contributed by atoms with Gasteiger partial charge in [0.25, 0.3) is 5.91 Å². The van der Waals surface area contributed by atoms with Gasteiger partial charge in [-0.15, -0.1) is 36.2 Å². The molecular formula is C15H20Cl2N4O2S. The first-order valence-electron chi connectivity index (χ1n) is 7.11. The maximum Gasteiger partial charge on any atom is 0.275 e. The van der Waals surface area contributed by atoms with Gasteiger partial charge in [-0.25, -0.2) is 4.98 Å². The third kappa shape index (κ3) is 4.51. The molecule has 6 nitrogen and oxygen atoms in total. The highest BCUT2D eigenvalue weighted by Crippen LogP contribution is 2.33. The number of rotatable bonds is 4. The number of carbonyl (C=O) groups is 1. The van der Waals surface area contributed by atoms with Crippen molar-refractivity contribution in [3.8, 4) is 5.75 Å². The summed E-state index contributed by atoms with van der Waals surface area (Å²) in [6.07, 6.45) is 0.693. The van der Waals surface area contributed by atoms with Crippen LogP contribution in [-0.2, 0) is 6.42 Å². The maximum atomic E-state index is 12.2. The first-order chi connectivity index (χ1) is 10.7. The van der Waals surface area contributed by atoms with E-state index in [0.29, 0.717) is 25.3 Å². The Bertz CT molecular complexity index is 696. The number of likely N-dealkylation sites (N-methyl/N-ethyl adjacent to an activating group) is 1. The molecule has 0 fully saturated rings. The number of hydrogen-bond donors (Lipinski definition) is 2. The number of amides is 1. The van der Waals surface area contributed by atoms with E-state index in [1.807, 2.05) is 25.2 Å². The predicted molar refractivity (Wildman–Crippen MR) is 103 cm³/mol. The number of ether oxygens (including phenoxy) is 1. The SMILES string of the molecule is CN1CCOc2ccc(NC(=O)c3csc(CCN)n3)cc21.Cl.Cl. The minimum atomic E-state index is -0.209. The summed E-state index contributed by atoms with van der Waals surface area (Å²) in [5.74, 6) is 0.629. The van der Waals surface area contributed by atoms with Crippen LogP contribution in [0.5, 0.6) is 5.75 Å². The Balaban J connectivity index is 0.00000144. The van der Waals surface area contributed by atoms with E-state index in [9.17, 15) is 4.79 Å². The van der Waals surface area contributed by atoms with E-state index in [1.54, 1.807) is 5.38 Å². The number of aromatic nitrogens is 1. The maximum absolute atomic E-state index is 12.2. The summed E-state index contributed by atoms with van der Waals surface area (Å²) in [4.78, 5) is 18.6. The zero-order chi connectivity index (χ0) is 15.5. The number of nitrogens with two attached hydrogens (primary N) is 1. The van der Waals surface area contributed by atoms with E-state index < -0.39 is 0 Å². The highest BCUT2D eigenvalue weighted by Gasteiger charge is 2.17. The van der Waals surface area contributed by atoms with Crippen LogP contribution in [0.4, 0.5) is 11.4 Å². The molecule has 132 valence electrons. The first-order valence-corrected chi connectivity index (χ1v) is 7.99. The minimum absolute atomic E-state index is 0. The molecule has 1 amide bonds. The van der Waals surface area contributed by atoms with Gasteiger partial charge in [-0.05, 0) is 24.7 Å². The van der Waals surface area contributed by atoms with Crippen LogP contribution >= 0.6 is 36.2 Å². The summed E-state index contributed by atoms with van der Waals surface area (Å²) in [5, 5.41) is 5.51. The number of thiazole rings is 1. The molecule has 0 aliphatic carbocycles. The lowest BCUT2D eigenvalue weighted by atomic mass is 10.2. The van der Waals surface area contributed by atoms with Crippen LogP contribution < -0.4 is 20.7 Å². The smallest absolute Gasteiger partial charge is 0.275 e. The van der Waals surface area contributed by atoms with Gasteiger partial charge < -0.3 is 20.7 Å². The third-order valence-electron chi connectivity index (χ3n) is 3.45. The van der Waals surface area contributed by atoms with E-state index in [-0.39, 0.29) is 30.7 Å². The van der Waals surface area contributed by atoms with Gasteiger partial charge in [0.2, 0.25) is 0 Å². The zero-order valence-electron chi connectivity index (χ0n) is 13.2. The molecule has 9 heteroatoms. The van der Waals surface area contributed by atoms with Crippen LogP contribution in [0.25, 0.3) is 0 Å². The quantitative estimate of drug-likeness (QED) is 0.838. The number of anilines is 2. The molecule has 0 saturated carbocycles. The predicted octanol–water partition coefficient (Wildman–Crippen LogP) is 2.57. The number of carbonyl (C=O) groups excluding carboxylic acids is 1. The third-order valence-corrected chi connectivity index (χ3v) is 4.36. The number of hydrogen-bond acceptors (Lipinski definition) is 6. The minimum Gasteiger partial charge on any atom is -0.490 e. The average Bonchev–Trinajstić information content (AvgIpc) is 2.97. The van der Waals surface area contributed by atoms with Crippen molar-refractivity contribution in [3.63, 3.8) is 0 Å². The molecule has 0 radical (unpaired) electrons. The second-order valence-electron chi connectivity index (χ2n) is 5.07. The molecule has 3 rings (SSSR count). The van der Waals surface area contributed by atoms with Crippen molar-refractivity contribution in [3.05, 3.63) is 34.3 Å². The molecule has 1 aliphatic rings. The van der Waals surface area contributed by atoms with Crippen LogP contribution in [-0.4, -0.2) is 37.6 Å². The first kappa shape index (κ1) is 20.5. The molecule has 1 aromatic carbocycles. The number of fused-ring (bicyclic) bond motifs is 1. The number of benzene rings is 1. The fourth-order valence-electron chi connectivity index (χ4n) is 2.28. The summed E-state index contributed by atoms with van der Waals surface area (Å²) in [7, 11) is 2.01. The monoisotopic (exact) mass is 390 g/mol. The molecule has 2 aromatic rings. The molecule has 24 heavy (non-hydrogen) atoms. The van der Waals surface area contributed by atoms with Gasteiger partial charge in [-0.2, -0.15) is 0 Å². The lowest BCUT2D eigenvalue weighted by molar-refractivity contribution is 0.102. The van der Waals surface area contributed by atoms with Crippen molar-refractivity contribution in [1.82, 2.24) is 4.98 Å². The molecule has 1 aromatic heterocycles. The van der Waals surface area contributed by atoms with Crippen molar-refractivity contribution < 1.29 is 9.53 Å². The largest absolute Gasteiger partial charge is 0.490 e. The fourth-order valence-corrected chi connectivity index (χ4v) is 3.07. The average molecular weight is 391 g/mol. The second kappa shape index (κ2) is 9.08. The van der Waals surface area contributed by atoms with Crippen LogP contribution in [0.3, 0.4) is 0 Å². The highest BCUT2D eigenvalue weighted by atomic mass is 35.5. The second-order valence-corrected chi connectivity index (χ2v) is 6.01. The van der Waals surface area contributed by atoms with E-state index in [2.05, 4.69) is 15.2 Å². The number of halogens is 2. The van der Waals surface area contributed by atoms with Gasteiger partial charge >= 0.3 is 0 Å². The standard InChI is InChI=1S/C15H18N4O2S.2ClH/c1-19-6-7-21-13-3-2-10(8-12(13)19)17-15(20)11-9-22-14(18-11)4-5-16;;/h2-3,8-9H,4-7,16H2,1H3,(H,17,20);2*1H. The summed E-state index contributed by atoms with van der Waals surface area (Å²) in [6.45, 7) is 2.04. The molecular weight excluding hydrogens is 371 g/mol. The van der Waals surface area contributed by atoms with Crippen LogP contribution in [0.2, 0.25) is 0 Å². The Morgan fingerprint density at radius 2 is 2.25 bits per heavy atom. The molecule has 0 unspecified atom stereocenters. The Hall–Kier alpha value is -1.54. The van der Waals surface area contributed by atoms with E-state index >= 15 is 0 Å². The van der Waals surface area contributed by atoms with Crippen molar-refractivity contribution in [2.24, 2.45) is 5.73 Å². The summed E-state index contributed by atoms with van der Waals surface area (Å²) in [5.41, 5.74) is 7.63. The molecule has 0 bridgehead atoms. The van der Waals surface area contributed by atoms with E-state index in [1.165, 1.54) is 11.3 Å². The number of nitrogens with one attached hydrogen (secondary N) is 1. The van der Waals surface area contributed by atoms with Crippen molar-refractivity contribution >= 4 is 53.4 Å². The summed E-state index contributed by atoms with van der Waals surface area (Å²) in [6, 6.07) is 5.63. The van der Waals surface area contributed by atoms with Crippen molar-refractivity contribution in [2.75, 3.05) is 37.0 Å².